The first-order chi connectivity index (χ1) is 22.3. The lowest BCUT2D eigenvalue weighted by molar-refractivity contribution is 0.0988. The van der Waals surface area contributed by atoms with Crippen molar-refractivity contribution in [2.75, 3.05) is 17.7 Å². The van der Waals surface area contributed by atoms with Crippen molar-refractivity contribution < 1.29 is 37.9 Å². The second-order valence-corrected chi connectivity index (χ2v) is 9.86. The number of furan rings is 2. The summed E-state index contributed by atoms with van der Waals surface area (Å²) in [6.45, 7) is 0.264. The zero-order valence-corrected chi connectivity index (χ0v) is 24.1. The standard InChI is InChI=1S/C31H25N7O8/c1-44-24-13-17(16-39)12-19-26(24)38(31(33-19)36-29(43)23-7-5-11-46-23)9-3-2-8-37-25-20(14-18(27(32)41)15-21(25)40)34-30(37)35-28(42)22-6-4-10-45-22/h2-7,10-16,40H,8-9H2,1H3,(H2,32,41)(H,33,36,43)(H,34,35,42)/b3-2+. The van der Waals surface area contributed by atoms with Crippen LogP contribution in [-0.2, 0) is 13.1 Å². The molecule has 0 aliphatic heterocycles. The van der Waals surface area contributed by atoms with Gasteiger partial charge in [-0.1, -0.05) is 12.2 Å². The predicted molar refractivity (Wildman–Crippen MR) is 164 cm³/mol. The highest BCUT2D eigenvalue weighted by Gasteiger charge is 2.21. The second-order valence-electron chi connectivity index (χ2n) is 9.86. The van der Waals surface area contributed by atoms with Crippen molar-refractivity contribution >= 4 is 58.0 Å². The van der Waals surface area contributed by atoms with Crippen LogP contribution in [0.4, 0.5) is 11.9 Å². The summed E-state index contributed by atoms with van der Waals surface area (Å²) >= 11 is 0. The van der Waals surface area contributed by atoms with Gasteiger partial charge < -0.3 is 33.5 Å². The Bertz CT molecular complexity index is 2140. The molecular formula is C31H25N7O8. The van der Waals surface area contributed by atoms with Crippen molar-refractivity contribution in [2.24, 2.45) is 5.73 Å². The van der Waals surface area contributed by atoms with Crippen molar-refractivity contribution in [3.05, 3.63) is 95.9 Å². The number of phenols is 1. The number of aromatic nitrogens is 4. The molecule has 2 aromatic carbocycles. The van der Waals surface area contributed by atoms with Crippen molar-refractivity contribution in [1.29, 1.82) is 0 Å². The summed E-state index contributed by atoms with van der Waals surface area (Å²) in [5, 5.41) is 16.2. The quantitative estimate of drug-likeness (QED) is 0.121. The second kappa shape index (κ2) is 12.2. The number of benzene rings is 2. The number of imidazole rings is 2. The lowest BCUT2D eigenvalue weighted by Crippen LogP contribution is -2.16. The lowest BCUT2D eigenvalue weighted by atomic mass is 10.1. The maximum atomic E-state index is 12.8. The van der Waals surface area contributed by atoms with Crippen molar-refractivity contribution in [3.8, 4) is 11.5 Å². The maximum Gasteiger partial charge on any atom is 0.293 e. The minimum atomic E-state index is -0.758. The van der Waals surface area contributed by atoms with Crippen LogP contribution >= 0.6 is 0 Å². The number of nitrogens with two attached hydrogens (primary N) is 1. The summed E-state index contributed by atoms with van der Waals surface area (Å²) < 4.78 is 19.1. The monoisotopic (exact) mass is 623 g/mol. The molecule has 0 aliphatic carbocycles. The van der Waals surface area contributed by atoms with Crippen molar-refractivity contribution in [3.63, 3.8) is 0 Å². The summed E-state index contributed by atoms with van der Waals surface area (Å²) in [6.07, 6.45) is 6.89. The molecule has 4 heterocycles. The average Bonchev–Trinajstić information content (AvgIpc) is 3.86. The third-order valence-electron chi connectivity index (χ3n) is 6.97. The molecular weight excluding hydrogens is 598 g/mol. The first-order valence-electron chi connectivity index (χ1n) is 13.7. The SMILES string of the molecule is COc1cc(C=O)cc2nc(NC(=O)c3ccco3)n(C/C=C/Cn3c(NC(=O)c4ccco4)nc4cc(C(N)=O)cc(O)c43)c12. The fourth-order valence-electron chi connectivity index (χ4n) is 4.91. The van der Waals surface area contributed by atoms with Gasteiger partial charge in [-0.15, -0.1) is 0 Å². The highest BCUT2D eigenvalue weighted by atomic mass is 16.5. The normalized spacial score (nSPS) is 11.3. The van der Waals surface area contributed by atoms with Gasteiger partial charge in [0.15, 0.2) is 11.5 Å². The number of aldehydes is 1. The highest BCUT2D eigenvalue weighted by molar-refractivity contribution is 6.04. The number of hydrogen-bond donors (Lipinski definition) is 4. The summed E-state index contributed by atoms with van der Waals surface area (Å²) in [7, 11) is 1.45. The van der Waals surface area contributed by atoms with E-state index in [0.29, 0.717) is 28.6 Å². The predicted octanol–water partition coefficient (Wildman–Crippen LogP) is 3.96. The van der Waals surface area contributed by atoms with Gasteiger partial charge in [0.1, 0.15) is 28.8 Å². The zero-order chi connectivity index (χ0) is 32.4. The minimum absolute atomic E-state index is 0.0388. The summed E-state index contributed by atoms with van der Waals surface area (Å²) in [5.74, 6) is -1.44. The third-order valence-corrected chi connectivity index (χ3v) is 6.97. The summed E-state index contributed by atoms with van der Waals surface area (Å²) in [5.41, 5.74) is 7.17. The van der Waals surface area contributed by atoms with Gasteiger partial charge in [0.25, 0.3) is 11.8 Å². The Morgan fingerprint density at radius 3 is 1.96 bits per heavy atom. The zero-order valence-electron chi connectivity index (χ0n) is 24.1. The Labute approximate surface area is 258 Å². The third kappa shape index (κ3) is 5.55. The topological polar surface area (TPSA) is 210 Å². The maximum absolute atomic E-state index is 12.8. The molecule has 0 bridgehead atoms. The van der Waals surface area contributed by atoms with Crippen LogP contribution in [0.3, 0.4) is 0 Å². The number of fused-ring (bicyclic) bond motifs is 2. The van der Waals surface area contributed by atoms with Gasteiger partial charge in [0.05, 0.1) is 30.7 Å². The first kappa shape index (κ1) is 29.4. The van der Waals surface area contributed by atoms with Crippen LogP contribution in [0, 0.1) is 0 Å². The van der Waals surface area contributed by atoms with Crippen LogP contribution in [0.2, 0.25) is 0 Å². The van der Waals surface area contributed by atoms with Gasteiger partial charge in [0, 0.05) is 24.2 Å². The van der Waals surface area contributed by atoms with Crippen LogP contribution in [0.25, 0.3) is 22.1 Å². The Kier molecular flexibility index (Phi) is 7.78. The number of rotatable bonds is 11. The molecule has 4 aromatic heterocycles. The van der Waals surface area contributed by atoms with Gasteiger partial charge in [0.2, 0.25) is 17.8 Å². The number of hydrogen-bond acceptors (Lipinski definition) is 10. The van der Waals surface area contributed by atoms with Crippen LogP contribution in [0.15, 0.2) is 82.0 Å². The minimum Gasteiger partial charge on any atom is -0.506 e. The molecule has 0 unspecified atom stereocenters. The van der Waals surface area contributed by atoms with E-state index in [1.165, 1.54) is 48.5 Å². The fraction of sp³-hybridized carbons (Fsp3) is 0.0968. The van der Waals surface area contributed by atoms with Gasteiger partial charge in [-0.2, -0.15) is 0 Å². The molecule has 6 rings (SSSR count). The van der Waals surface area contributed by atoms with E-state index in [2.05, 4.69) is 20.6 Å². The van der Waals surface area contributed by atoms with E-state index < -0.39 is 17.7 Å². The molecule has 3 amide bonds. The smallest absolute Gasteiger partial charge is 0.293 e. The summed E-state index contributed by atoms with van der Waals surface area (Å²) in [4.78, 5) is 57.9. The molecule has 15 heteroatoms. The molecule has 0 spiro atoms. The molecule has 0 saturated heterocycles. The number of ether oxygens (including phenoxy) is 1. The molecule has 0 radical (unpaired) electrons. The van der Waals surface area contributed by atoms with Crippen molar-refractivity contribution in [1.82, 2.24) is 19.1 Å². The van der Waals surface area contributed by atoms with E-state index >= 15 is 0 Å². The van der Waals surface area contributed by atoms with E-state index in [0.717, 1.165) is 0 Å². The average molecular weight is 624 g/mol. The summed E-state index contributed by atoms with van der Waals surface area (Å²) in [6, 6.07) is 11.9. The Morgan fingerprint density at radius 1 is 0.891 bits per heavy atom. The molecule has 0 atom stereocenters. The number of methoxy groups -OCH3 is 1. The number of nitrogens with zero attached hydrogens (tertiary/aromatic N) is 4. The molecule has 0 aliphatic rings. The first-order valence-corrected chi connectivity index (χ1v) is 13.7. The molecule has 6 aromatic rings. The van der Waals surface area contributed by atoms with E-state index in [4.69, 9.17) is 19.3 Å². The van der Waals surface area contributed by atoms with E-state index in [-0.39, 0.29) is 58.9 Å². The number of allylic oxidation sites excluding steroid dienone is 2. The Hall–Kier alpha value is -6.64. The number of phenolic OH excluding ortho intramolecular Hbond substituents is 1. The Balaban J connectivity index is 1.35. The van der Waals surface area contributed by atoms with Gasteiger partial charge in [-0.3, -0.25) is 29.8 Å². The van der Waals surface area contributed by atoms with E-state index in [1.54, 1.807) is 41.0 Å². The number of anilines is 2. The number of carbonyl (C=O) groups excluding carboxylic acids is 4. The van der Waals surface area contributed by atoms with Crippen LogP contribution in [0.1, 0.15) is 41.8 Å². The van der Waals surface area contributed by atoms with E-state index in [1.807, 2.05) is 0 Å². The molecule has 0 saturated carbocycles. The number of amides is 3. The van der Waals surface area contributed by atoms with Gasteiger partial charge >= 0.3 is 0 Å². The number of nitrogens with one attached hydrogen (secondary N) is 2. The highest BCUT2D eigenvalue weighted by Crippen LogP contribution is 2.32. The molecule has 5 N–H and O–H groups in total. The van der Waals surface area contributed by atoms with Crippen LogP contribution in [-0.4, -0.2) is 55.3 Å². The molecule has 15 nitrogen and oxygen atoms in total. The van der Waals surface area contributed by atoms with Crippen molar-refractivity contribution in [2.45, 2.75) is 13.1 Å². The number of carbonyl (C=O) groups is 4. The van der Waals surface area contributed by atoms with Gasteiger partial charge in [-0.25, -0.2) is 9.97 Å². The number of aromatic hydroxyl groups is 1. The Morgan fingerprint density at radius 2 is 1.46 bits per heavy atom. The fourth-order valence-corrected chi connectivity index (χ4v) is 4.91. The van der Waals surface area contributed by atoms with E-state index in [9.17, 15) is 24.3 Å². The molecule has 232 valence electrons. The lowest BCUT2D eigenvalue weighted by Gasteiger charge is -2.11. The van der Waals surface area contributed by atoms with Crippen LogP contribution < -0.4 is 21.1 Å². The number of primary amides is 1. The molecule has 0 fully saturated rings. The largest absolute Gasteiger partial charge is 0.506 e. The molecule has 46 heavy (non-hydrogen) atoms. The van der Waals surface area contributed by atoms with Gasteiger partial charge in [-0.05, 0) is 48.5 Å². The van der Waals surface area contributed by atoms with Crippen LogP contribution in [0.5, 0.6) is 11.5 Å².